The molecule has 1 saturated heterocycles. The number of hydrogen-bond donors (Lipinski definition) is 1. The Balaban J connectivity index is 1.47. The lowest BCUT2D eigenvalue weighted by Gasteiger charge is -2.70. The number of para-hydroxylation sites is 1. The van der Waals surface area contributed by atoms with Gasteiger partial charge in [0, 0.05) is 34.9 Å². The van der Waals surface area contributed by atoms with Crippen molar-refractivity contribution in [2.45, 2.75) is 36.8 Å². The zero-order valence-electron chi connectivity index (χ0n) is 16.5. The molecule has 0 aromatic heterocycles. The predicted molar refractivity (Wildman–Crippen MR) is 107 cm³/mol. The summed E-state index contributed by atoms with van der Waals surface area (Å²) < 4.78 is 0. The van der Waals surface area contributed by atoms with Crippen molar-refractivity contribution < 1.29 is 9.90 Å². The maximum atomic E-state index is 13.3. The van der Waals surface area contributed by atoms with Crippen molar-refractivity contribution in [1.82, 2.24) is 4.90 Å². The summed E-state index contributed by atoms with van der Waals surface area (Å²) in [5, 5.41) is 12.2. The highest BCUT2D eigenvalue weighted by Crippen LogP contribution is 2.97. The second-order valence-corrected chi connectivity index (χ2v) is 11.4. The fourth-order valence-corrected chi connectivity index (χ4v) is 11.6. The van der Waals surface area contributed by atoms with Gasteiger partial charge in [0.15, 0.2) is 5.78 Å². The Kier molecular flexibility index (Phi) is 1.98. The highest BCUT2D eigenvalue weighted by Gasteiger charge is 2.99. The smallest absolute Gasteiger partial charge is 0.187 e. The average Bonchev–Trinajstić information content (AvgIpc) is 3.27. The minimum absolute atomic E-state index is 0.00366. The summed E-state index contributed by atoms with van der Waals surface area (Å²) >= 11 is 0. The number of fused-ring (bicyclic) bond motifs is 2. The molecule has 1 N–H and O–H groups in total. The lowest BCUT2D eigenvalue weighted by atomic mass is 9.37. The molecule has 4 unspecified atom stereocenters. The zero-order chi connectivity index (χ0) is 19.1. The van der Waals surface area contributed by atoms with Crippen LogP contribution in [0.15, 0.2) is 41.4 Å². The number of hydrogen-bond acceptors (Lipinski definition) is 4. The van der Waals surface area contributed by atoms with E-state index in [9.17, 15) is 9.90 Å². The van der Waals surface area contributed by atoms with E-state index < -0.39 is 5.60 Å². The fourth-order valence-electron chi connectivity index (χ4n) is 11.6. The Hall–Kier alpha value is -1.78. The molecule has 2 aliphatic heterocycles. The van der Waals surface area contributed by atoms with Crippen LogP contribution < -0.4 is 0 Å². The SMILES string of the molecule is CN1CCC23[C@@H]4C5=Nc6ccccc6[C@@H]4CC24[C@H]1CC12C=CC(=O)C(O)([C@H]5[C@@H]14)[C@@H]23. The van der Waals surface area contributed by atoms with Gasteiger partial charge in [-0.1, -0.05) is 24.3 Å². The lowest BCUT2D eigenvalue weighted by Crippen LogP contribution is -2.77. The maximum absolute atomic E-state index is 13.3. The number of benzene rings is 1. The molecule has 0 amide bonds. The van der Waals surface area contributed by atoms with Crippen molar-refractivity contribution in [3.63, 3.8) is 0 Å². The second-order valence-electron chi connectivity index (χ2n) is 11.4. The van der Waals surface area contributed by atoms with Crippen LogP contribution in [0.2, 0.25) is 0 Å². The third-order valence-electron chi connectivity index (χ3n) is 11.5. The average molecular weight is 384 g/mol. The van der Waals surface area contributed by atoms with Crippen LogP contribution in [-0.2, 0) is 4.79 Å². The molecule has 29 heavy (non-hydrogen) atoms. The number of carbonyl (C=O) groups excluding carboxylic acids is 1. The maximum Gasteiger partial charge on any atom is 0.187 e. The number of aliphatic imine (C=N–C) groups is 1. The van der Waals surface area contributed by atoms with Crippen molar-refractivity contribution in [3.05, 3.63) is 42.0 Å². The molecule has 4 heteroatoms. The van der Waals surface area contributed by atoms with E-state index in [0.717, 1.165) is 25.1 Å². The Bertz CT molecular complexity index is 1160. The van der Waals surface area contributed by atoms with Gasteiger partial charge in [-0.05, 0) is 73.2 Å². The lowest BCUT2D eigenvalue weighted by molar-refractivity contribution is -0.221. The van der Waals surface area contributed by atoms with E-state index in [2.05, 4.69) is 42.3 Å². The molecule has 146 valence electrons. The number of aliphatic hydroxyl groups is 1. The number of rotatable bonds is 0. The van der Waals surface area contributed by atoms with E-state index in [1.807, 2.05) is 0 Å². The molecule has 7 aliphatic carbocycles. The van der Waals surface area contributed by atoms with Gasteiger partial charge in [0.1, 0.15) is 5.60 Å². The van der Waals surface area contributed by atoms with Crippen molar-refractivity contribution in [2.75, 3.05) is 13.6 Å². The number of likely N-dealkylation sites (tertiary alicyclic amines) is 1. The standard InChI is InChI=1S/C25H24N2O2/c1-27-9-8-23-17-13-10-24(23)15(27)11-22-7-6-16(28)25(29,21(22)23)18(20(22)24)19(17)26-14-5-3-2-4-12(13)14/h2-7,13,15,17-18,20-21,29H,8-11H2,1H3/t13-,15+,17-,18+,20-,21-,22?,23?,24?,25?/m0/s1. The number of carbonyl (C=O) groups is 1. The first-order valence-corrected chi connectivity index (χ1v) is 11.4. The number of ketones is 1. The van der Waals surface area contributed by atoms with E-state index in [1.165, 1.54) is 17.7 Å². The van der Waals surface area contributed by atoms with Gasteiger partial charge >= 0.3 is 0 Å². The molecule has 0 radical (unpaired) electrons. The van der Waals surface area contributed by atoms with Crippen LogP contribution in [0.1, 0.15) is 30.7 Å². The Morgan fingerprint density at radius 3 is 2.93 bits per heavy atom. The molecule has 7 fully saturated rings. The van der Waals surface area contributed by atoms with Gasteiger partial charge in [0.2, 0.25) is 0 Å². The molecule has 10 rings (SSSR count). The summed E-state index contributed by atoms with van der Waals surface area (Å²) in [6.07, 6.45) is 7.49. The fraction of sp³-hybridized carbons (Fsp3) is 0.600. The third-order valence-corrected chi connectivity index (χ3v) is 11.5. The first kappa shape index (κ1) is 15.1. The Labute approximate surface area is 169 Å². The van der Waals surface area contributed by atoms with Crippen LogP contribution in [0, 0.1) is 39.9 Å². The second kappa shape index (κ2) is 3.80. The Morgan fingerprint density at radius 1 is 1.17 bits per heavy atom. The quantitative estimate of drug-likeness (QED) is 0.748. The normalized spacial score (nSPS) is 60.8. The zero-order valence-corrected chi connectivity index (χ0v) is 16.5. The molecular weight excluding hydrogens is 360 g/mol. The van der Waals surface area contributed by atoms with Gasteiger partial charge in [0.05, 0.1) is 5.69 Å². The van der Waals surface area contributed by atoms with Crippen molar-refractivity contribution >= 4 is 17.2 Å². The van der Waals surface area contributed by atoms with Gasteiger partial charge < -0.3 is 10.0 Å². The third kappa shape index (κ3) is 1.03. The summed E-state index contributed by atoms with van der Waals surface area (Å²) in [4.78, 5) is 21.2. The summed E-state index contributed by atoms with van der Waals surface area (Å²) in [5.74, 6) is 1.34. The van der Waals surface area contributed by atoms with Gasteiger partial charge in [-0.3, -0.25) is 9.79 Å². The van der Waals surface area contributed by atoms with E-state index >= 15 is 0 Å². The van der Waals surface area contributed by atoms with E-state index in [-0.39, 0.29) is 33.9 Å². The van der Waals surface area contributed by atoms with Crippen LogP contribution >= 0.6 is 0 Å². The molecule has 2 heterocycles. The molecular formula is C25H24N2O2. The monoisotopic (exact) mass is 384 g/mol. The van der Waals surface area contributed by atoms with Crippen LogP contribution in [0.5, 0.6) is 0 Å². The highest BCUT2D eigenvalue weighted by molar-refractivity contribution is 6.10. The van der Waals surface area contributed by atoms with E-state index in [4.69, 9.17) is 4.99 Å². The first-order valence-electron chi connectivity index (χ1n) is 11.4. The minimum atomic E-state index is -1.21. The number of allylic oxidation sites excluding steroid dienone is 1. The van der Waals surface area contributed by atoms with Crippen LogP contribution in [0.25, 0.3) is 0 Å². The molecule has 1 aromatic carbocycles. The van der Waals surface area contributed by atoms with Gasteiger partial charge in [0.25, 0.3) is 0 Å². The summed E-state index contributed by atoms with van der Waals surface area (Å²) in [6, 6.07) is 9.27. The highest BCUT2D eigenvalue weighted by atomic mass is 16.3. The molecule has 6 saturated carbocycles. The molecule has 10 atom stereocenters. The first-order chi connectivity index (χ1) is 14.0. The Morgan fingerprint density at radius 2 is 2.03 bits per heavy atom. The van der Waals surface area contributed by atoms with Crippen LogP contribution in [0.4, 0.5) is 5.69 Å². The van der Waals surface area contributed by atoms with Gasteiger partial charge in [-0.2, -0.15) is 0 Å². The van der Waals surface area contributed by atoms with E-state index in [0.29, 0.717) is 23.8 Å². The molecule has 9 aliphatic rings. The minimum Gasteiger partial charge on any atom is -0.381 e. The van der Waals surface area contributed by atoms with Gasteiger partial charge in [-0.25, -0.2) is 0 Å². The van der Waals surface area contributed by atoms with Crippen molar-refractivity contribution in [1.29, 1.82) is 0 Å². The van der Waals surface area contributed by atoms with Crippen molar-refractivity contribution in [2.24, 2.45) is 44.9 Å². The molecule has 4 nitrogen and oxygen atoms in total. The van der Waals surface area contributed by atoms with Gasteiger partial charge in [-0.15, -0.1) is 0 Å². The summed E-state index contributed by atoms with van der Waals surface area (Å²) in [6.45, 7) is 1.09. The molecule has 1 aromatic rings. The molecule has 3 spiro atoms. The largest absolute Gasteiger partial charge is 0.381 e. The molecule has 8 bridgehead atoms. The summed E-state index contributed by atoms with van der Waals surface area (Å²) in [7, 11) is 2.32. The number of nitrogens with zero attached hydrogens (tertiary/aromatic N) is 2. The van der Waals surface area contributed by atoms with Crippen LogP contribution in [-0.4, -0.2) is 46.7 Å². The summed E-state index contributed by atoms with van der Waals surface area (Å²) in [5.41, 5.74) is 2.81. The number of piperidine rings is 1. The van der Waals surface area contributed by atoms with Crippen LogP contribution in [0.3, 0.4) is 0 Å². The predicted octanol–water partition coefficient (Wildman–Crippen LogP) is 2.70. The topological polar surface area (TPSA) is 52.9 Å². The van der Waals surface area contributed by atoms with Crippen molar-refractivity contribution in [3.8, 4) is 0 Å². The van der Waals surface area contributed by atoms with E-state index in [1.54, 1.807) is 6.08 Å².